The maximum Gasteiger partial charge on any atom is 0.0786 e. The maximum absolute atomic E-state index is 4.94. The second kappa shape index (κ2) is 8.72. The zero-order chi connectivity index (χ0) is 26.9. The highest BCUT2D eigenvalue weighted by Gasteiger charge is 2.26. The van der Waals surface area contributed by atoms with E-state index >= 15 is 0 Å². The van der Waals surface area contributed by atoms with Crippen molar-refractivity contribution in [1.29, 1.82) is 0 Å². The predicted octanol–water partition coefficient (Wildman–Crippen LogP) is 11.3. The number of aromatic nitrogens is 1. The molecule has 0 N–H and O–H groups in total. The number of hydrogen-bond acceptors (Lipinski definition) is 2. The third kappa shape index (κ3) is 3.26. The zero-order valence-corrected chi connectivity index (χ0v) is 23.0. The zero-order valence-electron chi connectivity index (χ0n) is 22.1. The molecule has 9 rings (SSSR count). The van der Waals surface area contributed by atoms with E-state index in [2.05, 4.69) is 127 Å². The van der Waals surface area contributed by atoms with E-state index < -0.39 is 0 Å². The van der Waals surface area contributed by atoms with E-state index in [1.807, 2.05) is 23.6 Å². The molecule has 0 spiro atoms. The summed E-state index contributed by atoms with van der Waals surface area (Å²) in [5, 5.41) is 3.80. The molecule has 0 atom stereocenters. The Morgan fingerprint density at radius 3 is 1.80 bits per heavy atom. The molecule has 0 unspecified atom stereocenters. The molecule has 8 aromatic rings. The third-order valence-corrected chi connectivity index (χ3v) is 9.73. The molecule has 2 aromatic heterocycles. The van der Waals surface area contributed by atoms with Gasteiger partial charge in [-0.25, -0.2) is 0 Å². The highest BCUT2D eigenvalue weighted by atomic mass is 32.1. The van der Waals surface area contributed by atoms with Crippen LogP contribution in [0.4, 0.5) is 0 Å². The molecular weight excluding hydrogens is 515 g/mol. The van der Waals surface area contributed by atoms with Crippen LogP contribution in [0.25, 0.3) is 86.7 Å². The summed E-state index contributed by atoms with van der Waals surface area (Å²) in [7, 11) is 0. The lowest BCUT2D eigenvalue weighted by atomic mass is 9.78. The molecule has 0 radical (unpaired) electrons. The van der Waals surface area contributed by atoms with Crippen molar-refractivity contribution in [2.75, 3.05) is 0 Å². The summed E-state index contributed by atoms with van der Waals surface area (Å²) in [6, 6.07) is 48.8. The van der Waals surface area contributed by atoms with Crippen LogP contribution in [-0.2, 0) is 0 Å². The molecule has 190 valence electrons. The highest BCUT2D eigenvalue weighted by Crippen LogP contribution is 2.53. The smallest absolute Gasteiger partial charge is 0.0786 e. The highest BCUT2D eigenvalue weighted by molar-refractivity contribution is 7.26. The van der Waals surface area contributed by atoms with E-state index in [1.54, 1.807) is 0 Å². The van der Waals surface area contributed by atoms with E-state index in [4.69, 9.17) is 4.98 Å². The summed E-state index contributed by atoms with van der Waals surface area (Å²) in [6.07, 6.45) is 1.91. The molecule has 0 saturated carbocycles. The van der Waals surface area contributed by atoms with Crippen LogP contribution in [0.5, 0.6) is 0 Å². The molecule has 41 heavy (non-hydrogen) atoms. The summed E-state index contributed by atoms with van der Waals surface area (Å²) in [5.41, 5.74) is 13.5. The Labute approximate surface area is 242 Å². The Kier molecular flexibility index (Phi) is 4.84. The minimum Gasteiger partial charge on any atom is -0.256 e. The van der Waals surface area contributed by atoms with Crippen LogP contribution in [0.1, 0.15) is 0 Å². The second-order valence-corrected chi connectivity index (χ2v) is 11.7. The fourth-order valence-electron chi connectivity index (χ4n) is 6.76. The predicted molar refractivity (Wildman–Crippen MR) is 175 cm³/mol. The third-order valence-electron chi connectivity index (χ3n) is 8.51. The van der Waals surface area contributed by atoms with E-state index in [0.717, 1.165) is 10.9 Å². The average molecular weight is 538 g/mol. The number of pyridine rings is 1. The molecule has 1 nitrogen and oxygen atoms in total. The maximum atomic E-state index is 4.94. The van der Waals surface area contributed by atoms with Crippen LogP contribution in [0.2, 0.25) is 0 Å². The monoisotopic (exact) mass is 537 g/mol. The van der Waals surface area contributed by atoms with Crippen LogP contribution in [0, 0.1) is 0 Å². The van der Waals surface area contributed by atoms with Gasteiger partial charge in [0.1, 0.15) is 0 Å². The minimum absolute atomic E-state index is 1.04. The molecule has 0 saturated heterocycles. The number of fused-ring (bicyclic) bond motifs is 13. The van der Waals surface area contributed by atoms with Gasteiger partial charge in [0, 0.05) is 42.9 Å². The Morgan fingerprint density at radius 2 is 0.976 bits per heavy atom. The van der Waals surface area contributed by atoms with Gasteiger partial charge in [-0.1, -0.05) is 121 Å². The van der Waals surface area contributed by atoms with E-state index in [-0.39, 0.29) is 0 Å². The van der Waals surface area contributed by atoms with Gasteiger partial charge >= 0.3 is 0 Å². The number of benzene rings is 6. The SMILES string of the molecule is c1ccc2c(c1)-c1ccccc1-c1c(ccc3cccnc13)-c1cccc(-c3cccc4c3sc3ccccc34)c1-2. The van der Waals surface area contributed by atoms with Crippen molar-refractivity contribution in [3.63, 3.8) is 0 Å². The largest absolute Gasteiger partial charge is 0.256 e. The summed E-state index contributed by atoms with van der Waals surface area (Å²) in [5.74, 6) is 0. The van der Waals surface area contributed by atoms with Crippen molar-refractivity contribution in [3.05, 3.63) is 140 Å². The molecular formula is C39H23NS. The quantitative estimate of drug-likeness (QED) is 0.203. The Hall–Kier alpha value is -5.05. The lowest BCUT2D eigenvalue weighted by molar-refractivity contribution is 1.41. The molecule has 0 fully saturated rings. The van der Waals surface area contributed by atoms with Crippen molar-refractivity contribution in [1.82, 2.24) is 4.98 Å². The fraction of sp³-hybridized carbons (Fsp3) is 0. The molecule has 2 heterocycles. The van der Waals surface area contributed by atoms with Gasteiger partial charge in [0.2, 0.25) is 0 Å². The van der Waals surface area contributed by atoms with Crippen LogP contribution in [0.3, 0.4) is 0 Å². The first-order valence-corrected chi connectivity index (χ1v) is 14.8. The summed E-state index contributed by atoms with van der Waals surface area (Å²) in [6.45, 7) is 0. The van der Waals surface area contributed by atoms with Crippen LogP contribution in [-0.4, -0.2) is 4.98 Å². The molecule has 0 amide bonds. The topological polar surface area (TPSA) is 12.9 Å². The first kappa shape index (κ1) is 22.7. The van der Waals surface area contributed by atoms with Gasteiger partial charge in [-0.3, -0.25) is 4.98 Å². The van der Waals surface area contributed by atoms with E-state index in [1.165, 1.54) is 75.8 Å². The minimum atomic E-state index is 1.04. The normalized spacial score (nSPS) is 11.9. The summed E-state index contributed by atoms with van der Waals surface area (Å²) in [4.78, 5) is 4.94. The van der Waals surface area contributed by atoms with Crippen LogP contribution >= 0.6 is 11.3 Å². The van der Waals surface area contributed by atoms with Gasteiger partial charge < -0.3 is 0 Å². The van der Waals surface area contributed by atoms with Crippen LogP contribution in [0.15, 0.2) is 140 Å². The average Bonchev–Trinajstić information content (AvgIpc) is 3.42. The summed E-state index contributed by atoms with van der Waals surface area (Å²) < 4.78 is 2.66. The molecule has 2 heteroatoms. The number of rotatable bonds is 1. The van der Waals surface area contributed by atoms with Crippen molar-refractivity contribution in [3.8, 4) is 55.6 Å². The molecule has 1 aliphatic rings. The van der Waals surface area contributed by atoms with Crippen molar-refractivity contribution < 1.29 is 0 Å². The second-order valence-electron chi connectivity index (χ2n) is 10.7. The molecule has 0 aliphatic heterocycles. The lowest BCUT2D eigenvalue weighted by Crippen LogP contribution is -2.00. The number of hydrogen-bond donors (Lipinski definition) is 0. The molecule has 0 bridgehead atoms. The fourth-order valence-corrected chi connectivity index (χ4v) is 8.00. The van der Waals surface area contributed by atoms with Crippen molar-refractivity contribution in [2.45, 2.75) is 0 Å². The Bertz CT molecular complexity index is 2320. The standard InChI is InChI=1S/C39H23NS/c1-3-14-28-25(11-1)26-12-2-4-15-29(26)37-32(22-21-24-10-9-23-40-38(24)37)30-16-7-17-31(36(28)30)34-19-8-18-33-27-13-5-6-20-35(27)41-39(33)34/h1-23H. The van der Waals surface area contributed by atoms with Gasteiger partial charge in [0.15, 0.2) is 0 Å². The Morgan fingerprint density at radius 1 is 0.390 bits per heavy atom. The van der Waals surface area contributed by atoms with E-state index in [0.29, 0.717) is 0 Å². The van der Waals surface area contributed by atoms with Gasteiger partial charge in [0.25, 0.3) is 0 Å². The van der Waals surface area contributed by atoms with Gasteiger partial charge in [-0.05, 0) is 56.6 Å². The van der Waals surface area contributed by atoms with Crippen molar-refractivity contribution in [2.24, 2.45) is 0 Å². The van der Waals surface area contributed by atoms with Crippen molar-refractivity contribution >= 4 is 42.4 Å². The first-order valence-electron chi connectivity index (χ1n) is 14.0. The van der Waals surface area contributed by atoms with Crippen LogP contribution < -0.4 is 0 Å². The van der Waals surface area contributed by atoms with E-state index in [9.17, 15) is 0 Å². The number of thiophene rings is 1. The van der Waals surface area contributed by atoms with Gasteiger partial charge in [0.05, 0.1) is 5.52 Å². The van der Waals surface area contributed by atoms with Gasteiger partial charge in [-0.2, -0.15) is 0 Å². The molecule has 1 aliphatic carbocycles. The Balaban J connectivity index is 1.47. The van der Waals surface area contributed by atoms with Gasteiger partial charge in [-0.15, -0.1) is 11.3 Å². The lowest BCUT2D eigenvalue weighted by Gasteiger charge is -2.25. The number of nitrogens with zero attached hydrogens (tertiary/aromatic N) is 1. The summed E-state index contributed by atoms with van der Waals surface area (Å²) >= 11 is 1.89. The first-order chi connectivity index (χ1) is 20.4. The molecule has 6 aromatic carbocycles.